The molecule has 3 rings (SSSR count). The van der Waals surface area contributed by atoms with Gasteiger partial charge in [0.15, 0.2) is 0 Å². The van der Waals surface area contributed by atoms with Crippen LogP contribution in [0.5, 0.6) is 11.5 Å². The van der Waals surface area contributed by atoms with Gasteiger partial charge < -0.3 is 20.7 Å². The number of benzene rings is 2. The third-order valence-electron chi connectivity index (χ3n) is 3.62. The highest BCUT2D eigenvalue weighted by atomic mass is 19.1. The number of nitrogens with one attached hydrogen (secondary N) is 3. The van der Waals surface area contributed by atoms with Crippen LogP contribution in [0.1, 0.15) is 10.5 Å². The molecule has 0 atom stereocenters. The molecule has 0 aliphatic heterocycles. The van der Waals surface area contributed by atoms with Crippen LogP contribution in [-0.2, 0) is 0 Å². The molecule has 0 unspecified atom stereocenters. The Morgan fingerprint density at radius 2 is 1.68 bits per heavy atom. The zero-order valence-electron chi connectivity index (χ0n) is 14.9. The highest BCUT2D eigenvalue weighted by molar-refractivity contribution is 5.99. The van der Waals surface area contributed by atoms with Gasteiger partial charge in [0.05, 0.1) is 0 Å². The van der Waals surface area contributed by atoms with E-state index in [1.165, 1.54) is 37.5 Å². The molecule has 3 N–H and O–H groups in total. The lowest BCUT2D eigenvalue weighted by atomic mass is 10.3. The average molecular weight is 380 g/mol. The molecule has 0 saturated heterocycles. The summed E-state index contributed by atoms with van der Waals surface area (Å²) in [6.07, 6.45) is 1.48. The van der Waals surface area contributed by atoms with Crippen LogP contribution in [0.15, 0.2) is 66.9 Å². The molecule has 0 bridgehead atoms. The average Bonchev–Trinajstić information content (AvgIpc) is 2.69. The first kappa shape index (κ1) is 18.8. The minimum atomic E-state index is -0.497. The van der Waals surface area contributed by atoms with E-state index >= 15 is 0 Å². The van der Waals surface area contributed by atoms with Crippen LogP contribution in [0.4, 0.5) is 20.6 Å². The molecule has 8 heteroatoms. The molecule has 0 saturated carbocycles. The van der Waals surface area contributed by atoms with Crippen molar-refractivity contribution in [2.45, 2.75) is 0 Å². The van der Waals surface area contributed by atoms with Crippen molar-refractivity contribution in [3.63, 3.8) is 0 Å². The number of amides is 3. The van der Waals surface area contributed by atoms with Gasteiger partial charge in [-0.15, -0.1) is 0 Å². The van der Waals surface area contributed by atoms with Crippen molar-refractivity contribution < 1.29 is 18.7 Å². The molecule has 1 heterocycles. The molecule has 0 fully saturated rings. The van der Waals surface area contributed by atoms with Crippen LogP contribution in [0.2, 0.25) is 0 Å². The number of nitrogens with zero attached hydrogens (tertiary/aromatic N) is 1. The summed E-state index contributed by atoms with van der Waals surface area (Å²) < 4.78 is 18.8. The van der Waals surface area contributed by atoms with Gasteiger partial charge in [0.1, 0.15) is 23.0 Å². The normalized spacial score (nSPS) is 10.1. The number of carbonyl (C=O) groups is 2. The predicted octanol–water partition coefficient (Wildman–Crippen LogP) is 4.02. The third-order valence-corrected chi connectivity index (χ3v) is 3.62. The van der Waals surface area contributed by atoms with E-state index in [0.717, 1.165) is 0 Å². The standard InChI is InChI=1S/C20H17FN4O3/c1-22-19(26)18-12-17(9-10-23-18)28-16-7-5-14(6-8-16)24-20(27)25-15-4-2-3-13(21)11-15/h2-12H,1H3,(H,22,26)(H2,24,25,27). The Morgan fingerprint density at radius 3 is 2.39 bits per heavy atom. The van der Waals surface area contributed by atoms with Crippen LogP contribution >= 0.6 is 0 Å². The van der Waals surface area contributed by atoms with Crippen molar-refractivity contribution in [2.24, 2.45) is 0 Å². The zero-order valence-corrected chi connectivity index (χ0v) is 14.9. The van der Waals surface area contributed by atoms with Crippen LogP contribution in [0.3, 0.4) is 0 Å². The van der Waals surface area contributed by atoms with Gasteiger partial charge in [-0.3, -0.25) is 9.78 Å². The fraction of sp³-hybridized carbons (Fsp3) is 0.0500. The van der Waals surface area contributed by atoms with E-state index in [1.54, 1.807) is 36.4 Å². The van der Waals surface area contributed by atoms with Gasteiger partial charge >= 0.3 is 6.03 Å². The Bertz CT molecular complexity index is 993. The first-order chi connectivity index (χ1) is 13.5. The van der Waals surface area contributed by atoms with Crippen molar-refractivity contribution in [3.05, 3.63) is 78.4 Å². The van der Waals surface area contributed by atoms with Gasteiger partial charge in [0, 0.05) is 30.7 Å². The lowest BCUT2D eigenvalue weighted by Crippen LogP contribution is -2.19. The maximum absolute atomic E-state index is 13.1. The minimum Gasteiger partial charge on any atom is -0.457 e. The number of urea groups is 1. The van der Waals surface area contributed by atoms with E-state index in [-0.39, 0.29) is 11.6 Å². The SMILES string of the molecule is CNC(=O)c1cc(Oc2ccc(NC(=O)Nc3cccc(F)c3)cc2)ccn1. The van der Waals surface area contributed by atoms with Gasteiger partial charge in [-0.25, -0.2) is 9.18 Å². The second-order valence-corrected chi connectivity index (χ2v) is 5.67. The molecule has 0 spiro atoms. The topological polar surface area (TPSA) is 92.4 Å². The number of pyridine rings is 1. The summed E-state index contributed by atoms with van der Waals surface area (Å²) in [4.78, 5) is 27.6. The number of ether oxygens (including phenoxy) is 1. The molecule has 7 nitrogen and oxygen atoms in total. The van der Waals surface area contributed by atoms with Gasteiger partial charge in [-0.2, -0.15) is 0 Å². The largest absolute Gasteiger partial charge is 0.457 e. The Labute approximate surface area is 160 Å². The fourth-order valence-corrected chi connectivity index (χ4v) is 2.33. The summed E-state index contributed by atoms with van der Waals surface area (Å²) in [5.41, 5.74) is 1.12. The molecule has 2 aromatic carbocycles. The van der Waals surface area contributed by atoms with E-state index in [9.17, 15) is 14.0 Å². The van der Waals surface area contributed by atoms with Crippen molar-refractivity contribution >= 4 is 23.3 Å². The minimum absolute atomic E-state index is 0.243. The van der Waals surface area contributed by atoms with Gasteiger partial charge in [-0.1, -0.05) is 6.07 Å². The van der Waals surface area contributed by atoms with E-state index in [0.29, 0.717) is 22.9 Å². The first-order valence-corrected chi connectivity index (χ1v) is 8.33. The van der Waals surface area contributed by atoms with Crippen molar-refractivity contribution in [1.29, 1.82) is 0 Å². The second kappa shape index (κ2) is 8.63. The Balaban J connectivity index is 1.60. The molecule has 0 aliphatic rings. The Kier molecular flexibility index (Phi) is 5.81. The Hall–Kier alpha value is -3.94. The van der Waals surface area contributed by atoms with Crippen molar-refractivity contribution in [1.82, 2.24) is 10.3 Å². The van der Waals surface area contributed by atoms with Gasteiger partial charge in [-0.05, 0) is 48.5 Å². The van der Waals surface area contributed by atoms with E-state index in [2.05, 4.69) is 20.9 Å². The van der Waals surface area contributed by atoms with E-state index < -0.39 is 11.8 Å². The second-order valence-electron chi connectivity index (χ2n) is 5.67. The summed E-state index contributed by atoms with van der Waals surface area (Å²) in [5.74, 6) is 0.229. The van der Waals surface area contributed by atoms with Crippen LogP contribution in [0, 0.1) is 5.82 Å². The van der Waals surface area contributed by atoms with Crippen LogP contribution in [0.25, 0.3) is 0 Å². The number of hydrogen-bond acceptors (Lipinski definition) is 4. The summed E-state index contributed by atoms with van der Waals surface area (Å²) >= 11 is 0. The molecular formula is C20H17FN4O3. The van der Waals surface area contributed by atoms with E-state index in [1.807, 2.05) is 0 Å². The summed E-state index contributed by atoms with van der Waals surface area (Å²) in [7, 11) is 1.52. The van der Waals surface area contributed by atoms with Crippen molar-refractivity contribution in [2.75, 3.05) is 17.7 Å². The maximum atomic E-state index is 13.1. The fourth-order valence-electron chi connectivity index (χ4n) is 2.33. The molecular weight excluding hydrogens is 363 g/mol. The van der Waals surface area contributed by atoms with Crippen molar-refractivity contribution in [3.8, 4) is 11.5 Å². The number of hydrogen-bond donors (Lipinski definition) is 3. The molecule has 0 aliphatic carbocycles. The molecule has 1 aromatic heterocycles. The highest BCUT2D eigenvalue weighted by Gasteiger charge is 2.07. The molecule has 3 amide bonds. The predicted molar refractivity (Wildman–Crippen MR) is 103 cm³/mol. The van der Waals surface area contributed by atoms with E-state index in [4.69, 9.17) is 4.74 Å². The summed E-state index contributed by atoms with van der Waals surface area (Å²) in [5, 5.41) is 7.68. The number of rotatable bonds is 5. The number of carbonyl (C=O) groups excluding carboxylic acids is 2. The first-order valence-electron chi connectivity index (χ1n) is 8.33. The molecule has 3 aromatic rings. The summed E-state index contributed by atoms with van der Waals surface area (Å²) in [6, 6.07) is 14.9. The Morgan fingerprint density at radius 1 is 0.929 bits per heavy atom. The van der Waals surface area contributed by atoms with Crippen LogP contribution in [-0.4, -0.2) is 24.0 Å². The summed E-state index contributed by atoms with van der Waals surface area (Å²) in [6.45, 7) is 0. The van der Waals surface area contributed by atoms with Gasteiger partial charge in [0.25, 0.3) is 5.91 Å². The molecule has 142 valence electrons. The highest BCUT2D eigenvalue weighted by Crippen LogP contribution is 2.23. The third kappa shape index (κ3) is 5.04. The number of aromatic nitrogens is 1. The smallest absolute Gasteiger partial charge is 0.323 e. The maximum Gasteiger partial charge on any atom is 0.323 e. The lowest BCUT2D eigenvalue weighted by molar-refractivity contribution is 0.0958. The zero-order chi connectivity index (χ0) is 19.9. The number of halogens is 1. The monoisotopic (exact) mass is 380 g/mol. The molecule has 0 radical (unpaired) electrons. The van der Waals surface area contributed by atoms with Crippen LogP contribution < -0.4 is 20.7 Å². The lowest BCUT2D eigenvalue weighted by Gasteiger charge is -2.10. The molecule has 28 heavy (non-hydrogen) atoms. The number of anilines is 2. The van der Waals surface area contributed by atoms with Gasteiger partial charge in [0.2, 0.25) is 0 Å². The quantitative estimate of drug-likeness (QED) is 0.623.